The molecule has 0 amide bonds. The zero-order valence-corrected chi connectivity index (χ0v) is 18.8. The minimum absolute atomic E-state index is 0.126. The summed E-state index contributed by atoms with van der Waals surface area (Å²) in [6.45, 7) is 1.70. The molecule has 0 radical (unpaired) electrons. The molecule has 33 heavy (non-hydrogen) atoms. The fourth-order valence-corrected chi connectivity index (χ4v) is 4.78. The number of fused-ring (bicyclic) bond motifs is 1. The highest BCUT2D eigenvalue weighted by Gasteiger charge is 2.32. The van der Waals surface area contributed by atoms with Gasteiger partial charge in [0.15, 0.2) is 10.6 Å². The van der Waals surface area contributed by atoms with Gasteiger partial charge in [0.25, 0.3) is 5.56 Å². The van der Waals surface area contributed by atoms with Crippen molar-refractivity contribution in [3.05, 3.63) is 101 Å². The van der Waals surface area contributed by atoms with Gasteiger partial charge < -0.3 is 9.47 Å². The first-order chi connectivity index (χ1) is 15.8. The van der Waals surface area contributed by atoms with Gasteiger partial charge in [0.2, 0.25) is 0 Å². The maximum absolute atomic E-state index is 13.5. The maximum Gasteiger partial charge on any atom is 0.338 e. The van der Waals surface area contributed by atoms with Crippen molar-refractivity contribution >= 4 is 29.1 Å². The highest BCUT2D eigenvalue weighted by atomic mass is 32.1. The van der Waals surface area contributed by atoms with Gasteiger partial charge in [-0.25, -0.2) is 9.79 Å². The second-order valence-electron chi connectivity index (χ2n) is 7.17. The van der Waals surface area contributed by atoms with E-state index in [9.17, 15) is 19.7 Å². The monoisotopic (exact) mass is 465 g/mol. The van der Waals surface area contributed by atoms with E-state index in [2.05, 4.69) is 4.99 Å². The first-order valence-corrected chi connectivity index (χ1v) is 10.7. The van der Waals surface area contributed by atoms with E-state index in [0.29, 0.717) is 20.6 Å². The molecule has 0 fully saturated rings. The molecule has 9 nitrogen and oxygen atoms in total. The Labute approximate surface area is 191 Å². The highest BCUT2D eigenvalue weighted by Crippen LogP contribution is 2.30. The molecule has 0 saturated heterocycles. The van der Waals surface area contributed by atoms with Gasteiger partial charge in [-0.15, -0.1) is 0 Å². The first kappa shape index (κ1) is 22.2. The van der Waals surface area contributed by atoms with E-state index in [4.69, 9.17) is 9.47 Å². The van der Waals surface area contributed by atoms with Crippen LogP contribution < -0.4 is 19.6 Å². The van der Waals surface area contributed by atoms with E-state index in [-0.39, 0.29) is 22.6 Å². The molecular weight excluding hydrogens is 446 g/mol. The fourth-order valence-electron chi connectivity index (χ4n) is 3.73. The molecule has 2 aromatic carbocycles. The van der Waals surface area contributed by atoms with Crippen molar-refractivity contribution in [2.45, 2.75) is 13.0 Å². The number of allylic oxidation sites excluding steroid dienone is 1. The number of hydrogen-bond acceptors (Lipinski definition) is 8. The predicted molar refractivity (Wildman–Crippen MR) is 122 cm³/mol. The summed E-state index contributed by atoms with van der Waals surface area (Å²) in [6, 6.07) is 12.9. The molecule has 4 rings (SSSR count). The van der Waals surface area contributed by atoms with Crippen LogP contribution in [-0.4, -0.2) is 29.7 Å². The largest absolute Gasteiger partial charge is 0.490 e. The Kier molecular flexibility index (Phi) is 5.93. The number of benzene rings is 2. The van der Waals surface area contributed by atoms with Crippen molar-refractivity contribution in [1.29, 1.82) is 0 Å². The molecule has 1 aromatic heterocycles. The molecule has 0 N–H and O–H groups in total. The fraction of sp³-hybridized carbons (Fsp3) is 0.174. The lowest BCUT2D eigenvalue weighted by atomic mass is 9.96. The van der Waals surface area contributed by atoms with Crippen LogP contribution in [0.25, 0.3) is 6.08 Å². The van der Waals surface area contributed by atoms with Crippen molar-refractivity contribution in [1.82, 2.24) is 4.57 Å². The van der Waals surface area contributed by atoms with Gasteiger partial charge in [0, 0.05) is 6.07 Å². The molecule has 168 valence electrons. The SMILES string of the molecule is COC(=O)C1=C(C)N=c2sc(=Cc3ccc(OC)c([N+](=O)[O-])c3)c(=O)n2C1c1ccccc1. The molecule has 1 atom stereocenters. The lowest BCUT2D eigenvalue weighted by Crippen LogP contribution is -2.39. The summed E-state index contributed by atoms with van der Waals surface area (Å²) in [7, 11) is 2.64. The van der Waals surface area contributed by atoms with Crippen LogP contribution in [0.4, 0.5) is 5.69 Å². The third-order valence-electron chi connectivity index (χ3n) is 5.24. The van der Waals surface area contributed by atoms with Crippen molar-refractivity contribution in [3.8, 4) is 5.75 Å². The molecule has 0 aliphatic carbocycles. The van der Waals surface area contributed by atoms with Gasteiger partial charge in [0.05, 0.1) is 41.0 Å². The van der Waals surface area contributed by atoms with Crippen LogP contribution >= 0.6 is 11.3 Å². The normalized spacial score (nSPS) is 15.6. The third kappa shape index (κ3) is 3.96. The Morgan fingerprint density at radius 2 is 1.94 bits per heavy atom. The number of rotatable bonds is 5. The summed E-state index contributed by atoms with van der Waals surface area (Å²) in [6.07, 6.45) is 1.56. The minimum Gasteiger partial charge on any atom is -0.490 e. The Morgan fingerprint density at radius 3 is 2.58 bits per heavy atom. The van der Waals surface area contributed by atoms with E-state index in [1.165, 1.54) is 30.9 Å². The van der Waals surface area contributed by atoms with E-state index in [1.807, 2.05) is 30.3 Å². The summed E-state index contributed by atoms with van der Waals surface area (Å²) in [5, 5.41) is 11.4. The van der Waals surface area contributed by atoms with E-state index < -0.39 is 16.9 Å². The number of carbonyl (C=O) groups excluding carboxylic acids is 1. The zero-order chi connectivity index (χ0) is 23.7. The Balaban J connectivity index is 1.94. The Morgan fingerprint density at radius 1 is 1.21 bits per heavy atom. The van der Waals surface area contributed by atoms with Crippen LogP contribution in [0.5, 0.6) is 5.75 Å². The maximum atomic E-state index is 13.5. The summed E-state index contributed by atoms with van der Waals surface area (Å²) in [5.41, 5.74) is 1.38. The van der Waals surface area contributed by atoms with Crippen LogP contribution in [0.2, 0.25) is 0 Å². The number of esters is 1. The predicted octanol–water partition coefficient (Wildman–Crippen LogP) is 2.33. The van der Waals surface area contributed by atoms with E-state index >= 15 is 0 Å². The molecule has 10 heteroatoms. The lowest BCUT2D eigenvalue weighted by molar-refractivity contribution is -0.385. The summed E-state index contributed by atoms with van der Waals surface area (Å²) < 4.78 is 11.8. The number of aromatic nitrogens is 1. The molecular formula is C23H19N3O6S. The molecule has 0 saturated carbocycles. The average molecular weight is 465 g/mol. The number of thiazole rings is 1. The number of nitro groups is 1. The number of nitrogens with zero attached hydrogens (tertiary/aromatic N) is 3. The Hall–Kier alpha value is -4.05. The van der Waals surface area contributed by atoms with Crippen molar-refractivity contribution in [3.63, 3.8) is 0 Å². The van der Waals surface area contributed by atoms with E-state index in [1.54, 1.807) is 19.1 Å². The number of hydrogen-bond donors (Lipinski definition) is 0. The van der Waals surface area contributed by atoms with E-state index in [0.717, 1.165) is 16.9 Å². The van der Waals surface area contributed by atoms with Crippen LogP contribution in [0, 0.1) is 10.1 Å². The topological polar surface area (TPSA) is 113 Å². The number of ether oxygens (including phenoxy) is 2. The average Bonchev–Trinajstić information content (AvgIpc) is 3.12. The number of nitro benzene ring substituents is 1. The summed E-state index contributed by atoms with van der Waals surface area (Å²) >= 11 is 1.15. The third-order valence-corrected chi connectivity index (χ3v) is 6.22. The molecule has 3 aromatic rings. The van der Waals surface area contributed by atoms with Gasteiger partial charge >= 0.3 is 11.7 Å². The van der Waals surface area contributed by atoms with Crippen LogP contribution in [0.15, 0.2) is 69.6 Å². The van der Waals surface area contributed by atoms with Crippen LogP contribution in [0.3, 0.4) is 0 Å². The highest BCUT2D eigenvalue weighted by molar-refractivity contribution is 7.07. The van der Waals surface area contributed by atoms with Crippen molar-refractivity contribution < 1.29 is 19.2 Å². The van der Waals surface area contributed by atoms with Gasteiger partial charge in [-0.05, 0) is 30.2 Å². The van der Waals surface area contributed by atoms with Crippen LogP contribution in [0.1, 0.15) is 24.1 Å². The van der Waals surface area contributed by atoms with Gasteiger partial charge in [-0.1, -0.05) is 47.7 Å². The van der Waals surface area contributed by atoms with Crippen molar-refractivity contribution in [2.75, 3.05) is 14.2 Å². The summed E-state index contributed by atoms with van der Waals surface area (Å²) in [4.78, 5) is 41.8. The minimum atomic E-state index is -0.706. The molecule has 1 aliphatic heterocycles. The molecule has 0 spiro atoms. The molecule has 1 aliphatic rings. The standard InChI is InChI=1S/C23H19N3O6S/c1-13-19(22(28)32-3)20(15-7-5-4-6-8-15)25-21(27)18(33-23(25)24-13)12-14-9-10-17(31-2)16(11-14)26(29)30/h4-12,20H,1-3H3. The molecule has 1 unspecified atom stereocenters. The Bertz CT molecular complexity index is 1470. The smallest absolute Gasteiger partial charge is 0.338 e. The quantitative estimate of drug-likeness (QED) is 0.325. The number of methoxy groups -OCH3 is 2. The molecule has 2 heterocycles. The zero-order valence-electron chi connectivity index (χ0n) is 18.0. The van der Waals surface area contributed by atoms with Gasteiger partial charge in [-0.2, -0.15) is 0 Å². The second kappa shape index (κ2) is 8.83. The van der Waals surface area contributed by atoms with Gasteiger partial charge in [-0.3, -0.25) is 19.5 Å². The second-order valence-corrected chi connectivity index (χ2v) is 8.18. The summed E-state index contributed by atoms with van der Waals surface area (Å²) in [5.74, 6) is -0.439. The number of carbonyl (C=O) groups is 1. The van der Waals surface area contributed by atoms with Crippen LogP contribution in [-0.2, 0) is 9.53 Å². The first-order valence-electron chi connectivity index (χ1n) is 9.84. The lowest BCUT2D eigenvalue weighted by Gasteiger charge is -2.24. The van der Waals surface area contributed by atoms with Crippen molar-refractivity contribution in [2.24, 2.45) is 4.99 Å². The van der Waals surface area contributed by atoms with Gasteiger partial charge in [0.1, 0.15) is 0 Å². The molecule has 0 bridgehead atoms.